The van der Waals surface area contributed by atoms with E-state index in [2.05, 4.69) is 4.65 Å². The molecule has 1 aromatic heterocycles. The molecule has 0 bridgehead atoms. The predicted octanol–water partition coefficient (Wildman–Crippen LogP) is -0.775. The van der Waals surface area contributed by atoms with E-state index in [1.54, 1.807) is 0 Å². The Labute approximate surface area is 86.9 Å². The van der Waals surface area contributed by atoms with Crippen LogP contribution in [0, 0.1) is 0 Å². The van der Waals surface area contributed by atoms with Crippen LogP contribution in [-0.2, 0) is 6.54 Å². The molecule has 0 radical (unpaired) electrons. The van der Waals surface area contributed by atoms with Gasteiger partial charge in [0.25, 0.3) is 5.56 Å². The van der Waals surface area contributed by atoms with Gasteiger partial charge in [-0.25, -0.2) is 0 Å². The molecule has 1 heterocycles. The third-order valence-electron chi connectivity index (χ3n) is 1.85. The van der Waals surface area contributed by atoms with Gasteiger partial charge in [-0.1, -0.05) is 0 Å². The standard InChI is InChI=1S/C8H12BNO5/c1-3-10-5-7(14-2)6(4-8(10)11)15-9(12)13/h4-5,12-13H,3H2,1-2H3. The summed E-state index contributed by atoms with van der Waals surface area (Å²) in [5.41, 5.74) is -0.297. The van der Waals surface area contributed by atoms with Crippen molar-refractivity contribution in [2.24, 2.45) is 0 Å². The molecule has 0 unspecified atom stereocenters. The van der Waals surface area contributed by atoms with Crippen molar-refractivity contribution < 1.29 is 19.4 Å². The van der Waals surface area contributed by atoms with Crippen molar-refractivity contribution in [3.05, 3.63) is 22.6 Å². The van der Waals surface area contributed by atoms with Crippen LogP contribution in [0.25, 0.3) is 0 Å². The monoisotopic (exact) mass is 213 g/mol. The van der Waals surface area contributed by atoms with Crippen molar-refractivity contribution in [2.45, 2.75) is 13.5 Å². The Hall–Kier alpha value is -1.47. The number of ether oxygens (including phenoxy) is 1. The maximum absolute atomic E-state index is 11.4. The number of pyridine rings is 1. The quantitative estimate of drug-likeness (QED) is 0.641. The Morgan fingerprint density at radius 3 is 2.60 bits per heavy atom. The fourth-order valence-electron chi connectivity index (χ4n) is 1.14. The van der Waals surface area contributed by atoms with Crippen LogP contribution in [0.1, 0.15) is 6.92 Å². The van der Waals surface area contributed by atoms with Crippen molar-refractivity contribution in [1.82, 2.24) is 4.57 Å². The summed E-state index contributed by atoms with van der Waals surface area (Å²) in [6, 6.07) is 1.14. The van der Waals surface area contributed by atoms with E-state index in [1.807, 2.05) is 6.92 Å². The molecule has 0 atom stereocenters. The van der Waals surface area contributed by atoms with Crippen LogP contribution in [-0.4, -0.2) is 29.0 Å². The second-order valence-corrected chi connectivity index (χ2v) is 2.77. The molecule has 0 fully saturated rings. The highest BCUT2D eigenvalue weighted by molar-refractivity contribution is 6.33. The first-order valence-corrected chi connectivity index (χ1v) is 4.39. The fraction of sp³-hybridized carbons (Fsp3) is 0.375. The normalized spacial score (nSPS) is 9.87. The van der Waals surface area contributed by atoms with Crippen LogP contribution in [0.2, 0.25) is 0 Å². The highest BCUT2D eigenvalue weighted by Crippen LogP contribution is 2.24. The maximum atomic E-state index is 11.4. The van der Waals surface area contributed by atoms with E-state index in [0.29, 0.717) is 6.54 Å². The number of aryl methyl sites for hydroxylation is 1. The molecule has 82 valence electrons. The number of hydrogen-bond donors (Lipinski definition) is 2. The van der Waals surface area contributed by atoms with Crippen molar-refractivity contribution in [3.63, 3.8) is 0 Å². The van der Waals surface area contributed by atoms with Gasteiger partial charge >= 0.3 is 7.32 Å². The molecule has 7 heteroatoms. The molecule has 1 rings (SSSR count). The first-order valence-electron chi connectivity index (χ1n) is 4.39. The number of hydrogen-bond acceptors (Lipinski definition) is 5. The van der Waals surface area contributed by atoms with Crippen LogP contribution in [0.15, 0.2) is 17.1 Å². The molecule has 0 saturated heterocycles. The Morgan fingerprint density at radius 1 is 1.47 bits per heavy atom. The molecular weight excluding hydrogens is 201 g/mol. The molecule has 0 saturated carbocycles. The van der Waals surface area contributed by atoms with E-state index in [9.17, 15) is 4.79 Å². The van der Waals surface area contributed by atoms with Crippen LogP contribution in [0.4, 0.5) is 0 Å². The molecule has 0 spiro atoms. The second-order valence-electron chi connectivity index (χ2n) is 2.77. The van der Waals surface area contributed by atoms with Crippen LogP contribution in [0.5, 0.6) is 11.5 Å². The largest absolute Gasteiger partial charge is 0.707 e. The summed E-state index contributed by atoms with van der Waals surface area (Å²) in [5, 5.41) is 17.2. The van der Waals surface area contributed by atoms with Crippen molar-refractivity contribution in [3.8, 4) is 11.5 Å². The van der Waals surface area contributed by atoms with E-state index in [1.165, 1.54) is 17.9 Å². The lowest BCUT2D eigenvalue weighted by Crippen LogP contribution is -2.24. The molecule has 2 N–H and O–H groups in total. The fourth-order valence-corrected chi connectivity index (χ4v) is 1.14. The smallest absolute Gasteiger partial charge is 0.509 e. The lowest BCUT2D eigenvalue weighted by molar-refractivity contribution is 0.278. The zero-order chi connectivity index (χ0) is 11.4. The highest BCUT2D eigenvalue weighted by Gasteiger charge is 2.16. The number of rotatable bonds is 4. The minimum Gasteiger partial charge on any atom is -0.509 e. The minimum atomic E-state index is -1.98. The number of aromatic nitrogens is 1. The summed E-state index contributed by atoms with van der Waals surface area (Å²) < 4.78 is 10.9. The summed E-state index contributed by atoms with van der Waals surface area (Å²) in [6.07, 6.45) is 1.44. The topological polar surface area (TPSA) is 80.9 Å². The van der Waals surface area contributed by atoms with Gasteiger partial charge in [-0.15, -0.1) is 0 Å². The molecule has 0 aliphatic carbocycles. The Bertz CT molecular complexity index is 389. The second kappa shape index (κ2) is 4.85. The average molecular weight is 213 g/mol. The van der Waals surface area contributed by atoms with Gasteiger partial charge in [-0.2, -0.15) is 0 Å². The Morgan fingerprint density at radius 2 is 2.13 bits per heavy atom. The van der Waals surface area contributed by atoms with Crippen LogP contribution < -0.4 is 15.0 Å². The zero-order valence-corrected chi connectivity index (χ0v) is 8.51. The van der Waals surface area contributed by atoms with Gasteiger partial charge in [0.05, 0.1) is 13.3 Å². The molecule has 6 nitrogen and oxygen atoms in total. The van der Waals surface area contributed by atoms with E-state index in [-0.39, 0.29) is 17.1 Å². The molecular formula is C8H12BNO5. The predicted molar refractivity (Wildman–Crippen MR) is 53.7 cm³/mol. The molecule has 0 amide bonds. The zero-order valence-electron chi connectivity index (χ0n) is 8.51. The Balaban J connectivity index is 3.15. The SMILES string of the molecule is CCn1cc(OC)c(OB(O)O)cc1=O. The van der Waals surface area contributed by atoms with Crippen LogP contribution in [0.3, 0.4) is 0 Å². The summed E-state index contributed by atoms with van der Waals surface area (Å²) in [6.45, 7) is 2.30. The van der Waals surface area contributed by atoms with Crippen LogP contribution >= 0.6 is 0 Å². The first-order chi connectivity index (χ1) is 7.08. The lowest BCUT2D eigenvalue weighted by Gasteiger charge is -2.11. The third kappa shape index (κ3) is 2.74. The molecule has 0 aromatic carbocycles. The maximum Gasteiger partial charge on any atom is 0.707 e. The minimum absolute atomic E-state index is 0.00204. The van der Waals surface area contributed by atoms with Crippen molar-refractivity contribution in [2.75, 3.05) is 7.11 Å². The number of methoxy groups -OCH3 is 1. The van der Waals surface area contributed by atoms with E-state index in [4.69, 9.17) is 14.8 Å². The van der Waals surface area contributed by atoms with Gasteiger partial charge in [0.2, 0.25) is 0 Å². The van der Waals surface area contributed by atoms with Gasteiger partial charge in [-0.05, 0) is 6.92 Å². The first kappa shape index (κ1) is 11.6. The number of nitrogens with zero attached hydrogens (tertiary/aromatic N) is 1. The van der Waals surface area contributed by atoms with Gasteiger partial charge in [0.1, 0.15) is 0 Å². The molecule has 1 aromatic rings. The average Bonchev–Trinajstić information content (AvgIpc) is 2.17. The lowest BCUT2D eigenvalue weighted by atomic mass is 10.2. The van der Waals surface area contributed by atoms with E-state index < -0.39 is 7.32 Å². The van der Waals surface area contributed by atoms with Gasteiger partial charge in [0.15, 0.2) is 11.5 Å². The molecule has 0 aliphatic heterocycles. The van der Waals surface area contributed by atoms with Gasteiger partial charge in [-0.3, -0.25) is 4.79 Å². The molecule has 0 aliphatic rings. The van der Waals surface area contributed by atoms with Gasteiger partial charge < -0.3 is 24.0 Å². The van der Waals surface area contributed by atoms with E-state index in [0.717, 1.165) is 6.07 Å². The Kier molecular flexibility index (Phi) is 3.76. The summed E-state index contributed by atoms with van der Waals surface area (Å²) in [4.78, 5) is 11.4. The molecule has 15 heavy (non-hydrogen) atoms. The third-order valence-corrected chi connectivity index (χ3v) is 1.85. The summed E-state index contributed by atoms with van der Waals surface area (Å²) in [5.74, 6) is 0.270. The summed E-state index contributed by atoms with van der Waals surface area (Å²) >= 11 is 0. The van der Waals surface area contributed by atoms with E-state index >= 15 is 0 Å². The highest BCUT2D eigenvalue weighted by atomic mass is 16.6. The summed E-state index contributed by atoms with van der Waals surface area (Å²) in [7, 11) is -0.577. The van der Waals surface area contributed by atoms with Gasteiger partial charge in [0, 0.05) is 12.6 Å². The van der Waals surface area contributed by atoms with Crippen molar-refractivity contribution >= 4 is 7.32 Å². The van der Waals surface area contributed by atoms with Crippen molar-refractivity contribution in [1.29, 1.82) is 0 Å².